The highest BCUT2D eigenvalue weighted by Gasteiger charge is 2.17. The molecule has 1 unspecified atom stereocenters. The topological polar surface area (TPSA) is 25.2 Å². The number of rotatable bonds is 5. The number of likely N-dealkylation sites (N-methyl/N-ethyl adjacent to an activating group) is 1. The van der Waals surface area contributed by atoms with E-state index in [1.807, 2.05) is 12.1 Å². The van der Waals surface area contributed by atoms with Gasteiger partial charge in [0.15, 0.2) is 5.22 Å². The Bertz CT molecular complexity index is 590. The molecule has 3 rings (SSSR count). The largest absolute Gasteiger partial charge is 0.448 e. The fourth-order valence-corrected chi connectivity index (χ4v) is 3.18. The van der Waals surface area contributed by atoms with Crippen molar-refractivity contribution in [2.75, 3.05) is 6.54 Å². The highest BCUT2D eigenvalue weighted by Crippen LogP contribution is 2.27. The first-order chi connectivity index (χ1) is 9.76. The van der Waals surface area contributed by atoms with Gasteiger partial charge in [-0.2, -0.15) is 0 Å². The van der Waals surface area contributed by atoms with Crippen molar-refractivity contribution in [2.45, 2.75) is 38.6 Å². The molecule has 0 saturated carbocycles. The smallest absolute Gasteiger partial charge is 0.193 e. The van der Waals surface area contributed by atoms with Crippen LogP contribution in [0.4, 0.5) is 0 Å². The number of hydrogen-bond acceptors (Lipinski definition) is 2. The summed E-state index contributed by atoms with van der Waals surface area (Å²) in [7, 11) is 0. The maximum atomic E-state index is 5.89. The normalized spacial score (nSPS) is 15.3. The Balaban J connectivity index is 1.79. The Morgan fingerprint density at radius 1 is 1.20 bits per heavy atom. The van der Waals surface area contributed by atoms with Crippen molar-refractivity contribution in [2.24, 2.45) is 0 Å². The van der Waals surface area contributed by atoms with Crippen LogP contribution in [0.15, 0.2) is 34.7 Å². The van der Waals surface area contributed by atoms with E-state index in [0.29, 0.717) is 5.22 Å². The lowest BCUT2D eigenvalue weighted by Crippen LogP contribution is -2.22. The monoisotopic (exact) mass is 289 g/mol. The molecule has 1 N–H and O–H groups in total. The highest BCUT2D eigenvalue weighted by atomic mass is 35.5. The van der Waals surface area contributed by atoms with E-state index in [2.05, 4.69) is 30.4 Å². The van der Waals surface area contributed by atoms with E-state index in [9.17, 15) is 0 Å². The van der Waals surface area contributed by atoms with E-state index in [4.69, 9.17) is 16.0 Å². The van der Waals surface area contributed by atoms with Gasteiger partial charge in [0.25, 0.3) is 0 Å². The lowest BCUT2D eigenvalue weighted by Gasteiger charge is -2.16. The molecule has 2 nitrogen and oxygen atoms in total. The lowest BCUT2D eigenvalue weighted by molar-refractivity contribution is 0.417. The molecule has 1 aliphatic carbocycles. The van der Waals surface area contributed by atoms with Gasteiger partial charge in [0.05, 0.1) is 6.04 Å². The fourth-order valence-electron chi connectivity index (χ4n) is 3.02. The first-order valence-corrected chi connectivity index (χ1v) is 7.73. The third-order valence-corrected chi connectivity index (χ3v) is 4.19. The maximum Gasteiger partial charge on any atom is 0.193 e. The summed E-state index contributed by atoms with van der Waals surface area (Å²) in [5.74, 6) is 0.914. The number of halogens is 1. The first-order valence-electron chi connectivity index (χ1n) is 7.35. The Kier molecular flexibility index (Phi) is 4.13. The summed E-state index contributed by atoms with van der Waals surface area (Å²) in [6.07, 6.45) is 4.69. The summed E-state index contributed by atoms with van der Waals surface area (Å²) in [5.41, 5.74) is 4.41. The van der Waals surface area contributed by atoms with Gasteiger partial charge in [-0.05, 0) is 72.7 Å². The second-order valence-electron chi connectivity index (χ2n) is 5.41. The maximum absolute atomic E-state index is 5.89. The minimum atomic E-state index is 0.187. The molecule has 0 saturated heterocycles. The Morgan fingerprint density at radius 2 is 2.05 bits per heavy atom. The van der Waals surface area contributed by atoms with Gasteiger partial charge in [-0.25, -0.2) is 0 Å². The number of nitrogens with one attached hydrogen (secondary N) is 1. The third-order valence-electron chi connectivity index (χ3n) is 3.99. The second kappa shape index (κ2) is 6.02. The van der Waals surface area contributed by atoms with E-state index in [1.165, 1.54) is 36.0 Å². The zero-order chi connectivity index (χ0) is 13.9. The van der Waals surface area contributed by atoms with Gasteiger partial charge in [0, 0.05) is 0 Å². The minimum absolute atomic E-state index is 0.187. The lowest BCUT2D eigenvalue weighted by atomic mass is 10.00. The van der Waals surface area contributed by atoms with E-state index >= 15 is 0 Å². The van der Waals surface area contributed by atoms with Gasteiger partial charge in [-0.1, -0.05) is 25.1 Å². The van der Waals surface area contributed by atoms with Gasteiger partial charge >= 0.3 is 0 Å². The molecule has 106 valence electrons. The summed E-state index contributed by atoms with van der Waals surface area (Å²) >= 11 is 5.89. The first kappa shape index (κ1) is 13.7. The highest BCUT2D eigenvalue weighted by molar-refractivity contribution is 6.28. The van der Waals surface area contributed by atoms with Crippen LogP contribution in [0.3, 0.4) is 0 Å². The Morgan fingerprint density at radius 3 is 2.80 bits per heavy atom. The van der Waals surface area contributed by atoms with Crippen LogP contribution in [-0.4, -0.2) is 6.54 Å². The molecule has 2 aromatic rings. The summed E-state index contributed by atoms with van der Waals surface area (Å²) in [4.78, 5) is 0. The van der Waals surface area contributed by atoms with Gasteiger partial charge in [-0.15, -0.1) is 0 Å². The second-order valence-corrected chi connectivity index (χ2v) is 5.79. The predicted octanol–water partition coefficient (Wildman–Crippen LogP) is 4.32. The molecule has 0 radical (unpaired) electrons. The molecule has 0 fully saturated rings. The van der Waals surface area contributed by atoms with Gasteiger partial charge < -0.3 is 9.73 Å². The average molecular weight is 290 g/mol. The van der Waals surface area contributed by atoms with Crippen LogP contribution >= 0.6 is 11.6 Å². The van der Waals surface area contributed by atoms with E-state index < -0.39 is 0 Å². The molecule has 0 aliphatic heterocycles. The number of furan rings is 1. The molecule has 1 aromatic carbocycles. The van der Waals surface area contributed by atoms with Crippen molar-refractivity contribution in [3.63, 3.8) is 0 Å². The summed E-state index contributed by atoms with van der Waals surface area (Å²) in [6, 6.07) is 10.9. The van der Waals surface area contributed by atoms with Crippen molar-refractivity contribution in [1.29, 1.82) is 0 Å². The van der Waals surface area contributed by atoms with Crippen LogP contribution in [0, 0.1) is 0 Å². The van der Waals surface area contributed by atoms with Crippen molar-refractivity contribution < 1.29 is 4.42 Å². The standard InChI is InChI=1S/C17H20ClNO/c1-2-19-15(16-8-9-17(18)20-16)11-12-6-7-13-4-3-5-14(13)10-12/h6-10,15,19H,2-5,11H2,1H3. The van der Waals surface area contributed by atoms with Crippen LogP contribution in [0.25, 0.3) is 0 Å². The summed E-state index contributed by atoms with van der Waals surface area (Å²) in [6.45, 7) is 3.02. The van der Waals surface area contributed by atoms with Crippen LogP contribution in [0.2, 0.25) is 5.22 Å². The Hall–Kier alpha value is -1.25. The van der Waals surface area contributed by atoms with E-state index in [1.54, 1.807) is 0 Å². The molecule has 3 heteroatoms. The molecule has 0 spiro atoms. The molecule has 20 heavy (non-hydrogen) atoms. The third kappa shape index (κ3) is 2.92. The molecule has 0 bridgehead atoms. The van der Waals surface area contributed by atoms with Crippen LogP contribution < -0.4 is 5.32 Å². The quantitative estimate of drug-likeness (QED) is 0.887. The van der Waals surface area contributed by atoms with Crippen LogP contribution in [0.1, 0.15) is 41.8 Å². The SMILES string of the molecule is CCNC(Cc1ccc2c(c1)CCC2)c1ccc(Cl)o1. The molecular weight excluding hydrogens is 270 g/mol. The number of hydrogen-bond donors (Lipinski definition) is 1. The van der Waals surface area contributed by atoms with Crippen molar-refractivity contribution in [3.8, 4) is 0 Å². The van der Waals surface area contributed by atoms with E-state index in [-0.39, 0.29) is 6.04 Å². The van der Waals surface area contributed by atoms with Crippen molar-refractivity contribution in [3.05, 3.63) is 58.0 Å². The molecule has 1 atom stereocenters. The molecule has 1 aliphatic rings. The summed E-state index contributed by atoms with van der Waals surface area (Å²) < 4.78 is 5.57. The average Bonchev–Trinajstić information content (AvgIpc) is 3.06. The summed E-state index contributed by atoms with van der Waals surface area (Å²) in [5, 5.41) is 3.93. The van der Waals surface area contributed by atoms with E-state index in [0.717, 1.165) is 18.7 Å². The molecule has 1 aromatic heterocycles. The molecule has 1 heterocycles. The van der Waals surface area contributed by atoms with Crippen LogP contribution in [-0.2, 0) is 19.3 Å². The minimum Gasteiger partial charge on any atom is -0.448 e. The number of fused-ring (bicyclic) bond motifs is 1. The zero-order valence-electron chi connectivity index (χ0n) is 11.8. The predicted molar refractivity (Wildman–Crippen MR) is 82.3 cm³/mol. The number of aryl methyl sites for hydroxylation is 2. The van der Waals surface area contributed by atoms with Gasteiger partial charge in [0.2, 0.25) is 0 Å². The van der Waals surface area contributed by atoms with Gasteiger partial charge in [0.1, 0.15) is 5.76 Å². The van der Waals surface area contributed by atoms with Crippen LogP contribution in [0.5, 0.6) is 0 Å². The van der Waals surface area contributed by atoms with Crippen molar-refractivity contribution in [1.82, 2.24) is 5.32 Å². The fraction of sp³-hybridized carbons (Fsp3) is 0.412. The zero-order valence-corrected chi connectivity index (χ0v) is 12.5. The molecular formula is C17H20ClNO. The van der Waals surface area contributed by atoms with Crippen molar-refractivity contribution >= 4 is 11.6 Å². The Labute approximate surface area is 125 Å². The molecule has 0 amide bonds. The number of benzene rings is 1. The van der Waals surface area contributed by atoms with Gasteiger partial charge in [-0.3, -0.25) is 0 Å².